The predicted octanol–water partition coefficient (Wildman–Crippen LogP) is 4.69. The molecule has 0 bridgehead atoms. The standard InChI is InChI=1S/C23H18BrN3O3/c1-13(2)17-11-21(28)27-19-6-4-3-5-18(19)26(23(27)25-17)12-14-9-22(29)30-20-8-7-15(24)10-16(14)20/h3-11,13H,12H2,1-2H3. The molecule has 0 unspecified atom stereocenters. The number of imidazole rings is 1. The topological polar surface area (TPSA) is 69.5 Å². The second-order valence-electron chi connectivity index (χ2n) is 7.62. The molecule has 0 fully saturated rings. The van der Waals surface area contributed by atoms with Gasteiger partial charge >= 0.3 is 5.63 Å². The number of para-hydroxylation sites is 2. The molecular formula is C23H18BrN3O3. The number of hydrogen-bond acceptors (Lipinski definition) is 4. The molecule has 0 spiro atoms. The van der Waals surface area contributed by atoms with Crippen molar-refractivity contribution in [1.82, 2.24) is 14.0 Å². The van der Waals surface area contributed by atoms with Gasteiger partial charge in [0.25, 0.3) is 5.56 Å². The first-order valence-electron chi connectivity index (χ1n) is 9.65. The van der Waals surface area contributed by atoms with Crippen LogP contribution in [0.3, 0.4) is 0 Å². The summed E-state index contributed by atoms with van der Waals surface area (Å²) in [6.45, 7) is 4.40. The van der Waals surface area contributed by atoms with Gasteiger partial charge in [0.2, 0.25) is 5.78 Å². The lowest BCUT2D eigenvalue weighted by atomic mass is 10.1. The zero-order valence-electron chi connectivity index (χ0n) is 16.4. The maximum atomic E-state index is 12.9. The van der Waals surface area contributed by atoms with Crippen LogP contribution in [-0.4, -0.2) is 14.0 Å². The van der Waals surface area contributed by atoms with Gasteiger partial charge in [-0.05, 0) is 41.8 Å². The van der Waals surface area contributed by atoms with Gasteiger partial charge in [0.1, 0.15) is 5.58 Å². The van der Waals surface area contributed by atoms with E-state index < -0.39 is 5.63 Å². The molecule has 150 valence electrons. The van der Waals surface area contributed by atoms with Gasteiger partial charge in [-0.25, -0.2) is 14.2 Å². The summed E-state index contributed by atoms with van der Waals surface area (Å²) < 4.78 is 9.87. The van der Waals surface area contributed by atoms with Gasteiger partial charge in [0.05, 0.1) is 23.3 Å². The lowest BCUT2D eigenvalue weighted by Gasteiger charge is -2.10. The maximum absolute atomic E-state index is 12.9. The highest BCUT2D eigenvalue weighted by atomic mass is 79.9. The third kappa shape index (κ3) is 2.97. The second kappa shape index (κ2) is 6.95. The summed E-state index contributed by atoms with van der Waals surface area (Å²) in [5.41, 5.74) is 3.20. The summed E-state index contributed by atoms with van der Waals surface area (Å²) in [5.74, 6) is 0.679. The Balaban J connectivity index is 1.85. The van der Waals surface area contributed by atoms with Gasteiger partial charge < -0.3 is 8.98 Å². The molecule has 0 saturated carbocycles. The zero-order valence-corrected chi connectivity index (χ0v) is 18.0. The molecule has 5 aromatic rings. The summed E-state index contributed by atoms with van der Waals surface area (Å²) in [4.78, 5) is 29.9. The number of hydrogen-bond donors (Lipinski definition) is 0. The fourth-order valence-electron chi connectivity index (χ4n) is 3.84. The van der Waals surface area contributed by atoms with Crippen LogP contribution in [0.5, 0.6) is 0 Å². The van der Waals surface area contributed by atoms with Crippen LogP contribution in [0.25, 0.3) is 27.8 Å². The Labute approximate surface area is 179 Å². The Morgan fingerprint density at radius 1 is 1.03 bits per heavy atom. The molecule has 0 saturated heterocycles. The highest BCUT2D eigenvalue weighted by Crippen LogP contribution is 2.26. The van der Waals surface area contributed by atoms with Gasteiger partial charge in [-0.3, -0.25) is 4.79 Å². The van der Waals surface area contributed by atoms with E-state index in [1.165, 1.54) is 6.07 Å². The van der Waals surface area contributed by atoms with Crippen LogP contribution >= 0.6 is 15.9 Å². The van der Waals surface area contributed by atoms with Gasteiger partial charge in [-0.2, -0.15) is 0 Å². The molecule has 0 aliphatic rings. The van der Waals surface area contributed by atoms with Crippen molar-refractivity contribution in [2.24, 2.45) is 0 Å². The van der Waals surface area contributed by atoms with E-state index in [1.54, 1.807) is 16.5 Å². The van der Waals surface area contributed by atoms with E-state index in [1.807, 2.05) is 54.8 Å². The first-order chi connectivity index (χ1) is 14.4. The molecule has 0 aliphatic carbocycles. The Hall–Kier alpha value is -3.19. The number of rotatable bonds is 3. The molecule has 0 amide bonds. The van der Waals surface area contributed by atoms with Gasteiger partial charge in [0, 0.05) is 22.0 Å². The number of halogens is 1. The average Bonchev–Trinajstić information content (AvgIpc) is 3.02. The van der Waals surface area contributed by atoms with Crippen molar-refractivity contribution in [2.75, 3.05) is 0 Å². The SMILES string of the molecule is CC(C)c1cc(=O)n2c3ccccc3n(Cc3cc(=O)oc4ccc(Br)cc34)c2n1. The van der Waals surface area contributed by atoms with E-state index in [0.717, 1.165) is 32.1 Å². The van der Waals surface area contributed by atoms with Crippen molar-refractivity contribution in [1.29, 1.82) is 0 Å². The molecule has 7 heteroatoms. The van der Waals surface area contributed by atoms with Gasteiger partial charge in [0.15, 0.2) is 0 Å². The van der Waals surface area contributed by atoms with Crippen molar-refractivity contribution < 1.29 is 4.42 Å². The average molecular weight is 464 g/mol. The number of nitrogens with zero attached hydrogens (tertiary/aromatic N) is 3. The van der Waals surface area contributed by atoms with Crippen molar-refractivity contribution >= 4 is 43.7 Å². The molecule has 6 nitrogen and oxygen atoms in total. The lowest BCUT2D eigenvalue weighted by molar-refractivity contribution is 0.558. The fraction of sp³-hybridized carbons (Fsp3) is 0.174. The lowest BCUT2D eigenvalue weighted by Crippen LogP contribution is -2.16. The van der Waals surface area contributed by atoms with Gasteiger partial charge in [-0.15, -0.1) is 0 Å². The summed E-state index contributed by atoms with van der Waals surface area (Å²) in [6.07, 6.45) is 0. The fourth-order valence-corrected chi connectivity index (χ4v) is 4.20. The van der Waals surface area contributed by atoms with E-state index >= 15 is 0 Å². The van der Waals surface area contributed by atoms with Crippen LogP contribution in [0.2, 0.25) is 0 Å². The highest BCUT2D eigenvalue weighted by Gasteiger charge is 2.17. The van der Waals surface area contributed by atoms with E-state index in [0.29, 0.717) is 17.9 Å². The molecule has 0 N–H and O–H groups in total. The summed E-state index contributed by atoms with van der Waals surface area (Å²) in [6, 6.07) is 16.3. The van der Waals surface area contributed by atoms with E-state index in [-0.39, 0.29) is 11.5 Å². The summed E-state index contributed by atoms with van der Waals surface area (Å²) in [5, 5.41) is 0.835. The van der Waals surface area contributed by atoms with Crippen LogP contribution in [0, 0.1) is 0 Å². The predicted molar refractivity (Wildman–Crippen MR) is 120 cm³/mol. The molecule has 30 heavy (non-hydrogen) atoms. The monoisotopic (exact) mass is 463 g/mol. The third-order valence-electron chi connectivity index (χ3n) is 5.29. The largest absolute Gasteiger partial charge is 0.423 e. The van der Waals surface area contributed by atoms with Crippen LogP contribution < -0.4 is 11.2 Å². The molecule has 5 rings (SSSR count). The molecule has 0 radical (unpaired) electrons. The van der Waals surface area contributed by atoms with E-state index in [9.17, 15) is 9.59 Å². The molecule has 3 heterocycles. The zero-order chi connectivity index (χ0) is 21.0. The maximum Gasteiger partial charge on any atom is 0.336 e. The molecule has 0 atom stereocenters. The van der Waals surface area contributed by atoms with Crippen LogP contribution in [-0.2, 0) is 6.54 Å². The highest BCUT2D eigenvalue weighted by molar-refractivity contribution is 9.10. The minimum Gasteiger partial charge on any atom is -0.423 e. The minimum absolute atomic E-state index is 0.112. The smallest absolute Gasteiger partial charge is 0.336 e. The quantitative estimate of drug-likeness (QED) is 0.364. The third-order valence-corrected chi connectivity index (χ3v) is 5.78. The van der Waals surface area contributed by atoms with Crippen LogP contribution in [0.1, 0.15) is 31.0 Å². The number of fused-ring (bicyclic) bond motifs is 4. The Morgan fingerprint density at radius 3 is 2.57 bits per heavy atom. The number of benzene rings is 2. The number of aromatic nitrogens is 3. The first kappa shape index (κ1) is 18.8. The van der Waals surface area contributed by atoms with E-state index in [4.69, 9.17) is 9.40 Å². The normalized spacial score (nSPS) is 11.9. The molecule has 3 aromatic heterocycles. The van der Waals surface area contributed by atoms with Crippen molar-refractivity contribution in [2.45, 2.75) is 26.3 Å². The Kier molecular flexibility index (Phi) is 4.36. The van der Waals surface area contributed by atoms with Crippen molar-refractivity contribution in [3.8, 4) is 0 Å². The van der Waals surface area contributed by atoms with Crippen molar-refractivity contribution in [3.63, 3.8) is 0 Å². The molecular weight excluding hydrogens is 446 g/mol. The van der Waals surface area contributed by atoms with Crippen LogP contribution in [0.15, 0.2) is 73.1 Å². The van der Waals surface area contributed by atoms with Gasteiger partial charge in [-0.1, -0.05) is 41.9 Å². The van der Waals surface area contributed by atoms with E-state index in [2.05, 4.69) is 15.9 Å². The van der Waals surface area contributed by atoms with Crippen molar-refractivity contribution in [3.05, 3.63) is 91.1 Å². The summed E-state index contributed by atoms with van der Waals surface area (Å²) in [7, 11) is 0. The molecule has 2 aromatic carbocycles. The first-order valence-corrected chi connectivity index (χ1v) is 10.4. The Bertz CT molecular complexity index is 1560. The Morgan fingerprint density at radius 2 is 1.80 bits per heavy atom. The molecule has 0 aliphatic heterocycles. The second-order valence-corrected chi connectivity index (χ2v) is 8.53. The summed E-state index contributed by atoms with van der Waals surface area (Å²) >= 11 is 3.49. The minimum atomic E-state index is -0.409. The van der Waals surface area contributed by atoms with Crippen LogP contribution in [0.4, 0.5) is 0 Å².